The van der Waals surface area contributed by atoms with E-state index >= 15 is 0 Å². The van der Waals surface area contributed by atoms with Crippen LogP contribution in [0.15, 0.2) is 30.3 Å². The van der Waals surface area contributed by atoms with E-state index in [0.29, 0.717) is 12.8 Å². The standard InChI is InChI=1S/C14H16F3NO2/c15-14(16,17)12-8-4-5-9-18(12)13(19)20-10-11-6-2-1-3-7-11/h1-3,6-7,12H,4-5,8-10H2. The summed E-state index contributed by atoms with van der Waals surface area (Å²) in [6.07, 6.45) is -4.29. The average molecular weight is 287 g/mol. The number of halogens is 3. The molecule has 110 valence electrons. The molecule has 1 unspecified atom stereocenters. The second-order valence-corrected chi connectivity index (χ2v) is 4.79. The molecule has 0 N–H and O–H groups in total. The minimum absolute atomic E-state index is 0.0131. The predicted octanol–water partition coefficient (Wildman–Crippen LogP) is 3.74. The number of alkyl halides is 3. The van der Waals surface area contributed by atoms with Crippen molar-refractivity contribution in [3.8, 4) is 0 Å². The van der Waals surface area contributed by atoms with E-state index in [1.807, 2.05) is 6.07 Å². The Labute approximate surface area is 115 Å². The first-order valence-corrected chi connectivity index (χ1v) is 6.52. The third kappa shape index (κ3) is 3.65. The molecule has 20 heavy (non-hydrogen) atoms. The van der Waals surface area contributed by atoms with Crippen LogP contribution in [-0.4, -0.2) is 29.8 Å². The van der Waals surface area contributed by atoms with E-state index in [-0.39, 0.29) is 19.6 Å². The smallest absolute Gasteiger partial charge is 0.410 e. The number of rotatable bonds is 2. The molecular formula is C14H16F3NO2. The number of piperidine rings is 1. The zero-order chi connectivity index (χ0) is 14.6. The molecule has 2 rings (SSSR count). The molecule has 1 saturated heterocycles. The highest BCUT2D eigenvalue weighted by atomic mass is 19.4. The number of amides is 1. The maximum absolute atomic E-state index is 12.9. The van der Waals surface area contributed by atoms with E-state index in [0.717, 1.165) is 10.5 Å². The Balaban J connectivity index is 1.96. The van der Waals surface area contributed by atoms with Gasteiger partial charge in [-0.3, -0.25) is 4.90 Å². The first-order chi connectivity index (χ1) is 9.48. The van der Waals surface area contributed by atoms with Gasteiger partial charge in [0.05, 0.1) is 0 Å². The van der Waals surface area contributed by atoms with Gasteiger partial charge in [-0.05, 0) is 24.8 Å². The van der Waals surface area contributed by atoms with Crippen LogP contribution in [0.3, 0.4) is 0 Å². The summed E-state index contributed by atoms with van der Waals surface area (Å²) in [5.74, 6) is 0. The monoisotopic (exact) mass is 287 g/mol. The van der Waals surface area contributed by atoms with Crippen molar-refractivity contribution in [2.75, 3.05) is 6.54 Å². The molecule has 0 spiro atoms. The van der Waals surface area contributed by atoms with E-state index in [2.05, 4.69) is 0 Å². The highest BCUT2D eigenvalue weighted by molar-refractivity contribution is 5.68. The Bertz CT molecular complexity index is 447. The van der Waals surface area contributed by atoms with Crippen LogP contribution in [0.2, 0.25) is 0 Å². The van der Waals surface area contributed by atoms with Crippen LogP contribution in [0.25, 0.3) is 0 Å². The first kappa shape index (κ1) is 14.7. The van der Waals surface area contributed by atoms with Gasteiger partial charge in [-0.25, -0.2) is 4.79 Å². The van der Waals surface area contributed by atoms with Crippen LogP contribution in [0.5, 0.6) is 0 Å². The number of nitrogens with zero attached hydrogens (tertiary/aromatic N) is 1. The Morgan fingerprint density at radius 2 is 1.95 bits per heavy atom. The van der Waals surface area contributed by atoms with Gasteiger partial charge in [0.1, 0.15) is 12.6 Å². The topological polar surface area (TPSA) is 29.5 Å². The molecule has 0 bridgehead atoms. The fourth-order valence-corrected chi connectivity index (χ4v) is 2.29. The van der Waals surface area contributed by atoms with E-state index in [1.165, 1.54) is 0 Å². The predicted molar refractivity (Wildman–Crippen MR) is 67.0 cm³/mol. The van der Waals surface area contributed by atoms with Crippen molar-refractivity contribution in [1.29, 1.82) is 0 Å². The molecule has 1 fully saturated rings. The van der Waals surface area contributed by atoms with Crippen molar-refractivity contribution in [2.24, 2.45) is 0 Å². The van der Waals surface area contributed by atoms with E-state index < -0.39 is 18.3 Å². The van der Waals surface area contributed by atoms with Crippen molar-refractivity contribution < 1.29 is 22.7 Å². The number of hydrogen-bond acceptors (Lipinski definition) is 2. The number of likely N-dealkylation sites (tertiary alicyclic amines) is 1. The van der Waals surface area contributed by atoms with Gasteiger partial charge in [0.2, 0.25) is 0 Å². The summed E-state index contributed by atoms with van der Waals surface area (Å²) in [5.41, 5.74) is 0.751. The fraction of sp³-hybridized carbons (Fsp3) is 0.500. The van der Waals surface area contributed by atoms with Gasteiger partial charge in [0.15, 0.2) is 0 Å². The minimum atomic E-state index is -4.40. The maximum atomic E-state index is 12.9. The lowest BCUT2D eigenvalue weighted by Crippen LogP contribution is -2.51. The molecular weight excluding hydrogens is 271 g/mol. The normalized spacial score (nSPS) is 19.8. The van der Waals surface area contributed by atoms with Crippen LogP contribution in [0.1, 0.15) is 24.8 Å². The summed E-state index contributed by atoms with van der Waals surface area (Å²) in [4.78, 5) is 12.6. The van der Waals surface area contributed by atoms with Gasteiger partial charge in [-0.2, -0.15) is 13.2 Å². The zero-order valence-electron chi connectivity index (χ0n) is 10.9. The summed E-state index contributed by atoms with van der Waals surface area (Å²) < 4.78 is 43.6. The van der Waals surface area contributed by atoms with Crippen LogP contribution < -0.4 is 0 Å². The van der Waals surface area contributed by atoms with E-state index in [9.17, 15) is 18.0 Å². The molecule has 1 amide bonds. The molecule has 1 aliphatic heterocycles. The van der Waals surface area contributed by atoms with Crippen molar-refractivity contribution in [1.82, 2.24) is 4.90 Å². The highest BCUT2D eigenvalue weighted by Gasteiger charge is 2.46. The number of hydrogen-bond donors (Lipinski definition) is 0. The van der Waals surface area contributed by atoms with Crippen LogP contribution in [0, 0.1) is 0 Å². The van der Waals surface area contributed by atoms with Crippen molar-refractivity contribution in [3.63, 3.8) is 0 Å². The van der Waals surface area contributed by atoms with Gasteiger partial charge in [-0.1, -0.05) is 30.3 Å². The van der Waals surface area contributed by atoms with Crippen molar-refractivity contribution in [2.45, 2.75) is 38.1 Å². The number of carbonyl (C=O) groups excluding carboxylic acids is 1. The van der Waals surface area contributed by atoms with E-state index in [4.69, 9.17) is 4.74 Å². The average Bonchev–Trinajstić information content (AvgIpc) is 2.45. The minimum Gasteiger partial charge on any atom is -0.445 e. The molecule has 0 aliphatic carbocycles. The summed E-state index contributed by atoms with van der Waals surface area (Å²) in [6, 6.07) is 7.16. The summed E-state index contributed by atoms with van der Waals surface area (Å²) in [5, 5.41) is 0. The fourth-order valence-electron chi connectivity index (χ4n) is 2.29. The Morgan fingerprint density at radius 3 is 2.60 bits per heavy atom. The maximum Gasteiger partial charge on any atom is 0.410 e. The lowest BCUT2D eigenvalue weighted by Gasteiger charge is -2.35. The number of ether oxygens (including phenoxy) is 1. The summed E-state index contributed by atoms with van der Waals surface area (Å²) >= 11 is 0. The largest absolute Gasteiger partial charge is 0.445 e. The van der Waals surface area contributed by atoms with Gasteiger partial charge in [0.25, 0.3) is 0 Å². The van der Waals surface area contributed by atoms with Crippen LogP contribution in [0.4, 0.5) is 18.0 Å². The molecule has 6 heteroatoms. The SMILES string of the molecule is O=C(OCc1ccccc1)N1CCCCC1C(F)(F)F. The first-order valence-electron chi connectivity index (χ1n) is 6.52. The third-order valence-corrected chi connectivity index (χ3v) is 3.32. The van der Waals surface area contributed by atoms with Crippen LogP contribution >= 0.6 is 0 Å². The molecule has 1 aliphatic rings. The second-order valence-electron chi connectivity index (χ2n) is 4.79. The van der Waals surface area contributed by atoms with Gasteiger partial charge in [-0.15, -0.1) is 0 Å². The Morgan fingerprint density at radius 1 is 1.25 bits per heavy atom. The third-order valence-electron chi connectivity index (χ3n) is 3.32. The molecule has 0 saturated carbocycles. The molecule has 1 atom stereocenters. The lowest BCUT2D eigenvalue weighted by molar-refractivity contribution is -0.185. The van der Waals surface area contributed by atoms with Gasteiger partial charge in [0, 0.05) is 6.54 Å². The second kappa shape index (κ2) is 6.15. The molecule has 0 aromatic heterocycles. The van der Waals surface area contributed by atoms with Crippen LogP contribution in [-0.2, 0) is 11.3 Å². The number of carbonyl (C=O) groups is 1. The summed E-state index contributed by atoms with van der Waals surface area (Å²) in [7, 11) is 0. The molecule has 1 aromatic carbocycles. The van der Waals surface area contributed by atoms with Gasteiger partial charge >= 0.3 is 12.3 Å². The highest BCUT2D eigenvalue weighted by Crippen LogP contribution is 2.32. The Hall–Kier alpha value is -1.72. The lowest BCUT2D eigenvalue weighted by atomic mass is 10.0. The van der Waals surface area contributed by atoms with E-state index in [1.54, 1.807) is 24.3 Å². The quantitative estimate of drug-likeness (QED) is 0.829. The van der Waals surface area contributed by atoms with Crippen molar-refractivity contribution in [3.05, 3.63) is 35.9 Å². The molecule has 1 heterocycles. The van der Waals surface area contributed by atoms with Gasteiger partial charge < -0.3 is 4.74 Å². The Kier molecular flexibility index (Phi) is 4.52. The molecule has 1 aromatic rings. The van der Waals surface area contributed by atoms with Crippen molar-refractivity contribution >= 4 is 6.09 Å². The molecule has 0 radical (unpaired) electrons. The molecule has 3 nitrogen and oxygen atoms in total. The summed E-state index contributed by atoms with van der Waals surface area (Å²) in [6.45, 7) is 0.0819. The number of benzene rings is 1. The zero-order valence-corrected chi connectivity index (χ0v) is 10.9.